The van der Waals surface area contributed by atoms with Crippen LogP contribution < -0.4 is 5.32 Å². The molecule has 1 amide bonds. The molecule has 122 valence electrons. The predicted molar refractivity (Wildman–Crippen MR) is 87.4 cm³/mol. The van der Waals surface area contributed by atoms with Crippen LogP contribution in [0.25, 0.3) is 0 Å². The summed E-state index contributed by atoms with van der Waals surface area (Å²) in [5.41, 5.74) is 0. The number of amides is 1. The van der Waals surface area contributed by atoms with E-state index in [-0.39, 0.29) is 6.04 Å². The quantitative estimate of drug-likeness (QED) is 0.708. The lowest BCUT2D eigenvalue weighted by molar-refractivity contribution is -0.138. The molecule has 0 bridgehead atoms. The first-order valence-corrected chi connectivity index (χ1v) is 8.94. The van der Waals surface area contributed by atoms with Crippen molar-refractivity contribution >= 4 is 5.91 Å². The average Bonchev–Trinajstić information content (AvgIpc) is 3.29. The molecule has 4 heteroatoms. The van der Waals surface area contributed by atoms with Gasteiger partial charge in [0.2, 0.25) is 5.91 Å². The molecule has 2 unspecified atom stereocenters. The Morgan fingerprint density at radius 3 is 2.62 bits per heavy atom. The zero-order valence-corrected chi connectivity index (χ0v) is 14.1. The van der Waals surface area contributed by atoms with Crippen molar-refractivity contribution in [3.05, 3.63) is 0 Å². The minimum Gasteiger partial charge on any atom is -0.339 e. The topological polar surface area (TPSA) is 35.6 Å². The third kappa shape index (κ3) is 4.96. The van der Waals surface area contributed by atoms with Gasteiger partial charge in [-0.25, -0.2) is 0 Å². The third-order valence-electron chi connectivity index (χ3n) is 5.01. The van der Waals surface area contributed by atoms with Gasteiger partial charge in [0.05, 0.1) is 6.04 Å². The van der Waals surface area contributed by atoms with Crippen molar-refractivity contribution in [1.82, 2.24) is 15.1 Å². The highest BCUT2D eigenvalue weighted by Crippen LogP contribution is 2.23. The Kier molecular flexibility index (Phi) is 6.49. The van der Waals surface area contributed by atoms with E-state index in [1.807, 2.05) is 0 Å². The monoisotopic (exact) mass is 295 g/mol. The Hall–Kier alpha value is -0.610. The number of rotatable bonds is 9. The van der Waals surface area contributed by atoms with Crippen molar-refractivity contribution in [2.45, 2.75) is 77.4 Å². The highest BCUT2D eigenvalue weighted by atomic mass is 16.2. The van der Waals surface area contributed by atoms with Gasteiger partial charge in [-0.15, -0.1) is 0 Å². The van der Waals surface area contributed by atoms with Crippen molar-refractivity contribution < 1.29 is 4.79 Å². The molecule has 4 nitrogen and oxygen atoms in total. The number of nitrogens with zero attached hydrogens (tertiary/aromatic N) is 2. The number of piperidine rings is 1. The summed E-state index contributed by atoms with van der Waals surface area (Å²) in [6.07, 6.45) is 6.99. The van der Waals surface area contributed by atoms with Crippen molar-refractivity contribution in [3.63, 3.8) is 0 Å². The fourth-order valence-electron chi connectivity index (χ4n) is 3.33. The van der Waals surface area contributed by atoms with E-state index in [9.17, 15) is 4.79 Å². The SMILES string of the molecule is CCN(CC)CCCC(C)N1CCCC(NC2CC2)C1=O. The van der Waals surface area contributed by atoms with Gasteiger partial charge in [-0.3, -0.25) is 4.79 Å². The van der Waals surface area contributed by atoms with Gasteiger partial charge in [-0.2, -0.15) is 0 Å². The second-order valence-electron chi connectivity index (χ2n) is 6.69. The molecular weight excluding hydrogens is 262 g/mol. The molecule has 1 aliphatic carbocycles. The molecule has 21 heavy (non-hydrogen) atoms. The van der Waals surface area contributed by atoms with Crippen LogP contribution in [0.2, 0.25) is 0 Å². The number of carbonyl (C=O) groups is 1. The second kappa shape index (κ2) is 8.14. The standard InChI is InChI=1S/C17H33N3O/c1-4-19(5-2)12-6-8-14(3)20-13-7-9-16(17(20)21)18-15-10-11-15/h14-16,18H,4-13H2,1-3H3. The molecule has 0 aromatic heterocycles. The van der Waals surface area contributed by atoms with E-state index >= 15 is 0 Å². The summed E-state index contributed by atoms with van der Waals surface area (Å²) in [6, 6.07) is 1.10. The van der Waals surface area contributed by atoms with Crippen LogP contribution in [0.5, 0.6) is 0 Å². The molecule has 0 aromatic rings. The van der Waals surface area contributed by atoms with Crippen LogP contribution in [0, 0.1) is 0 Å². The average molecular weight is 295 g/mol. The van der Waals surface area contributed by atoms with Crippen LogP contribution in [-0.4, -0.2) is 60.0 Å². The third-order valence-corrected chi connectivity index (χ3v) is 5.01. The highest BCUT2D eigenvalue weighted by Gasteiger charge is 2.34. The maximum absolute atomic E-state index is 12.6. The molecule has 2 rings (SSSR count). The van der Waals surface area contributed by atoms with Crippen molar-refractivity contribution in [2.24, 2.45) is 0 Å². The summed E-state index contributed by atoms with van der Waals surface area (Å²) in [5, 5.41) is 3.52. The van der Waals surface area contributed by atoms with Crippen LogP contribution in [0.1, 0.15) is 59.3 Å². The lowest BCUT2D eigenvalue weighted by Crippen LogP contribution is -2.54. The summed E-state index contributed by atoms with van der Waals surface area (Å²) in [5.74, 6) is 0.350. The number of nitrogens with one attached hydrogen (secondary N) is 1. The molecule has 1 saturated carbocycles. The maximum Gasteiger partial charge on any atom is 0.239 e. The summed E-state index contributed by atoms with van der Waals surface area (Å²) in [6.45, 7) is 11.0. The largest absolute Gasteiger partial charge is 0.339 e. The molecular formula is C17H33N3O. The summed E-state index contributed by atoms with van der Waals surface area (Å²) in [7, 11) is 0. The van der Waals surface area contributed by atoms with E-state index < -0.39 is 0 Å². The second-order valence-corrected chi connectivity index (χ2v) is 6.69. The van der Waals surface area contributed by atoms with Gasteiger partial charge >= 0.3 is 0 Å². The Balaban J connectivity index is 1.74. The molecule has 1 heterocycles. The van der Waals surface area contributed by atoms with Crippen LogP contribution in [0.3, 0.4) is 0 Å². The van der Waals surface area contributed by atoms with Crippen LogP contribution in [0.15, 0.2) is 0 Å². The summed E-state index contributed by atoms with van der Waals surface area (Å²) >= 11 is 0. The van der Waals surface area contributed by atoms with E-state index in [1.54, 1.807) is 0 Å². The van der Waals surface area contributed by atoms with Gasteiger partial charge in [0.1, 0.15) is 0 Å². The lowest BCUT2D eigenvalue weighted by Gasteiger charge is -2.37. The van der Waals surface area contributed by atoms with E-state index in [4.69, 9.17) is 0 Å². The van der Waals surface area contributed by atoms with Crippen molar-refractivity contribution in [2.75, 3.05) is 26.2 Å². The van der Waals surface area contributed by atoms with E-state index in [0.717, 1.165) is 45.4 Å². The van der Waals surface area contributed by atoms with Gasteiger partial charge in [0.25, 0.3) is 0 Å². The van der Waals surface area contributed by atoms with Gasteiger partial charge in [-0.05, 0) is 65.1 Å². The Bertz CT molecular complexity index is 326. The van der Waals surface area contributed by atoms with Gasteiger partial charge in [0, 0.05) is 18.6 Å². The Labute approximate surface area is 130 Å². The molecule has 0 spiro atoms. The first-order valence-electron chi connectivity index (χ1n) is 8.94. The molecule has 2 aliphatic rings. The van der Waals surface area contributed by atoms with Crippen molar-refractivity contribution in [1.29, 1.82) is 0 Å². The van der Waals surface area contributed by atoms with Gasteiger partial charge in [0.15, 0.2) is 0 Å². The summed E-state index contributed by atoms with van der Waals surface area (Å²) in [4.78, 5) is 17.2. The first-order chi connectivity index (χ1) is 10.2. The van der Waals surface area contributed by atoms with Crippen LogP contribution in [-0.2, 0) is 4.79 Å². The van der Waals surface area contributed by atoms with Crippen LogP contribution in [0.4, 0.5) is 0 Å². The van der Waals surface area contributed by atoms with Gasteiger partial charge in [-0.1, -0.05) is 13.8 Å². The first kappa shape index (κ1) is 16.8. The molecule has 0 radical (unpaired) electrons. The number of likely N-dealkylation sites (tertiary alicyclic amines) is 1. The van der Waals surface area contributed by atoms with Crippen molar-refractivity contribution in [3.8, 4) is 0 Å². The zero-order chi connectivity index (χ0) is 15.2. The minimum atomic E-state index is 0.0940. The zero-order valence-electron chi connectivity index (χ0n) is 14.1. The molecule has 2 fully saturated rings. The minimum absolute atomic E-state index is 0.0940. The molecule has 1 saturated heterocycles. The highest BCUT2D eigenvalue weighted by molar-refractivity contribution is 5.83. The van der Waals surface area contributed by atoms with E-state index in [2.05, 4.69) is 35.9 Å². The van der Waals surface area contributed by atoms with Crippen LogP contribution >= 0.6 is 0 Å². The number of hydrogen-bond donors (Lipinski definition) is 1. The number of hydrogen-bond acceptors (Lipinski definition) is 3. The molecule has 0 aromatic carbocycles. The summed E-state index contributed by atoms with van der Waals surface area (Å²) < 4.78 is 0. The smallest absolute Gasteiger partial charge is 0.239 e. The predicted octanol–water partition coefficient (Wildman–Crippen LogP) is 2.24. The van der Waals surface area contributed by atoms with E-state index in [0.29, 0.717) is 18.0 Å². The lowest BCUT2D eigenvalue weighted by atomic mass is 10.0. The number of carbonyl (C=O) groups excluding carboxylic acids is 1. The maximum atomic E-state index is 12.6. The molecule has 1 N–H and O–H groups in total. The molecule has 2 atom stereocenters. The van der Waals surface area contributed by atoms with Gasteiger partial charge < -0.3 is 15.1 Å². The molecule has 1 aliphatic heterocycles. The Morgan fingerprint density at radius 2 is 2.00 bits per heavy atom. The normalized spacial score (nSPS) is 24.7. The van der Waals surface area contributed by atoms with E-state index in [1.165, 1.54) is 19.3 Å². The fraction of sp³-hybridized carbons (Fsp3) is 0.941. The fourth-order valence-corrected chi connectivity index (χ4v) is 3.33. The Morgan fingerprint density at radius 1 is 1.29 bits per heavy atom.